The van der Waals surface area contributed by atoms with Crippen LogP contribution in [0.5, 0.6) is 5.75 Å². The summed E-state index contributed by atoms with van der Waals surface area (Å²) in [5, 5.41) is 11.4. The van der Waals surface area contributed by atoms with Gasteiger partial charge in [0.2, 0.25) is 0 Å². The zero-order chi connectivity index (χ0) is 13.7. The SMILES string of the molecule is COc1ccc(C(=O)O)c(NC(=O)OC(C)C)c1. The highest BCUT2D eigenvalue weighted by atomic mass is 16.6. The molecule has 2 N–H and O–H groups in total. The van der Waals surface area contributed by atoms with Crippen molar-refractivity contribution in [2.24, 2.45) is 0 Å². The molecule has 0 heterocycles. The van der Waals surface area contributed by atoms with E-state index < -0.39 is 12.1 Å². The van der Waals surface area contributed by atoms with Gasteiger partial charge in [-0.2, -0.15) is 0 Å². The molecule has 1 amide bonds. The number of carboxylic acid groups (broad SMARTS) is 1. The standard InChI is InChI=1S/C12H15NO5/c1-7(2)18-12(16)13-10-6-8(17-3)4-5-9(10)11(14)15/h4-7H,1-3H3,(H,13,16)(H,14,15). The summed E-state index contributed by atoms with van der Waals surface area (Å²) in [5.74, 6) is -0.697. The highest BCUT2D eigenvalue weighted by Crippen LogP contribution is 2.22. The smallest absolute Gasteiger partial charge is 0.411 e. The van der Waals surface area contributed by atoms with Gasteiger partial charge in [-0.25, -0.2) is 9.59 Å². The fourth-order valence-electron chi connectivity index (χ4n) is 1.29. The minimum absolute atomic E-state index is 0.0310. The van der Waals surface area contributed by atoms with E-state index in [1.54, 1.807) is 13.8 Å². The molecule has 18 heavy (non-hydrogen) atoms. The Hall–Kier alpha value is -2.24. The van der Waals surface area contributed by atoms with Gasteiger partial charge in [0.1, 0.15) is 5.75 Å². The van der Waals surface area contributed by atoms with Crippen LogP contribution in [0.1, 0.15) is 24.2 Å². The van der Waals surface area contributed by atoms with E-state index in [9.17, 15) is 9.59 Å². The second-order valence-electron chi connectivity index (χ2n) is 3.80. The zero-order valence-corrected chi connectivity index (χ0v) is 10.4. The number of rotatable bonds is 4. The number of anilines is 1. The lowest BCUT2D eigenvalue weighted by Gasteiger charge is -2.12. The molecule has 1 rings (SSSR count). The van der Waals surface area contributed by atoms with Crippen molar-refractivity contribution >= 4 is 17.7 Å². The second-order valence-corrected chi connectivity index (χ2v) is 3.80. The predicted octanol–water partition coefficient (Wildman–Crippen LogP) is 2.35. The number of amides is 1. The Kier molecular flexibility index (Phi) is 4.53. The summed E-state index contributed by atoms with van der Waals surface area (Å²) in [4.78, 5) is 22.4. The maximum atomic E-state index is 11.4. The summed E-state index contributed by atoms with van der Waals surface area (Å²) in [6.45, 7) is 3.40. The van der Waals surface area contributed by atoms with Crippen molar-refractivity contribution < 1.29 is 24.2 Å². The monoisotopic (exact) mass is 253 g/mol. The topological polar surface area (TPSA) is 84.9 Å². The van der Waals surface area contributed by atoms with Crippen LogP contribution in [0.2, 0.25) is 0 Å². The first-order valence-electron chi connectivity index (χ1n) is 5.33. The molecule has 0 aliphatic rings. The Bertz CT molecular complexity index is 456. The van der Waals surface area contributed by atoms with Crippen LogP contribution in [0, 0.1) is 0 Å². The van der Waals surface area contributed by atoms with Gasteiger partial charge in [0.25, 0.3) is 0 Å². The van der Waals surface area contributed by atoms with E-state index in [1.165, 1.54) is 25.3 Å². The molecule has 0 aromatic heterocycles. The first kappa shape index (κ1) is 13.8. The highest BCUT2D eigenvalue weighted by molar-refractivity contribution is 5.99. The zero-order valence-electron chi connectivity index (χ0n) is 10.4. The maximum absolute atomic E-state index is 11.4. The summed E-state index contributed by atoms with van der Waals surface area (Å²) in [5.41, 5.74) is 0.101. The first-order chi connectivity index (χ1) is 8.43. The van der Waals surface area contributed by atoms with Gasteiger partial charge in [0, 0.05) is 6.07 Å². The van der Waals surface area contributed by atoms with E-state index in [4.69, 9.17) is 14.6 Å². The van der Waals surface area contributed by atoms with E-state index in [2.05, 4.69) is 5.32 Å². The molecule has 0 aliphatic carbocycles. The van der Waals surface area contributed by atoms with Crippen LogP contribution >= 0.6 is 0 Å². The summed E-state index contributed by atoms with van der Waals surface area (Å²) < 4.78 is 9.85. The first-order valence-corrected chi connectivity index (χ1v) is 5.33. The third-order valence-electron chi connectivity index (χ3n) is 2.04. The lowest BCUT2D eigenvalue weighted by molar-refractivity contribution is 0.0698. The van der Waals surface area contributed by atoms with Crippen LogP contribution in [-0.2, 0) is 4.74 Å². The number of hydrogen-bond donors (Lipinski definition) is 2. The Labute approximate surface area is 105 Å². The summed E-state index contributed by atoms with van der Waals surface area (Å²) >= 11 is 0. The van der Waals surface area contributed by atoms with Gasteiger partial charge in [0.15, 0.2) is 0 Å². The molecule has 6 heteroatoms. The maximum Gasteiger partial charge on any atom is 0.411 e. The third kappa shape index (κ3) is 3.65. The van der Waals surface area contributed by atoms with Gasteiger partial charge < -0.3 is 14.6 Å². The van der Waals surface area contributed by atoms with Gasteiger partial charge >= 0.3 is 12.1 Å². The molecule has 0 atom stereocenters. The number of benzene rings is 1. The lowest BCUT2D eigenvalue weighted by Crippen LogP contribution is -2.19. The minimum Gasteiger partial charge on any atom is -0.497 e. The van der Waals surface area contributed by atoms with E-state index in [-0.39, 0.29) is 17.4 Å². The Balaban J connectivity index is 2.97. The number of aromatic carboxylic acids is 1. The van der Waals surface area contributed by atoms with Crippen LogP contribution in [0.25, 0.3) is 0 Å². The number of carbonyl (C=O) groups excluding carboxylic acids is 1. The highest BCUT2D eigenvalue weighted by Gasteiger charge is 2.14. The number of hydrogen-bond acceptors (Lipinski definition) is 4. The predicted molar refractivity (Wildman–Crippen MR) is 65.2 cm³/mol. The largest absolute Gasteiger partial charge is 0.497 e. The van der Waals surface area contributed by atoms with Crippen molar-refractivity contribution in [3.8, 4) is 5.75 Å². The van der Waals surface area contributed by atoms with Gasteiger partial charge in [-0.05, 0) is 26.0 Å². The summed E-state index contributed by atoms with van der Waals surface area (Å²) in [6.07, 6.45) is -0.996. The lowest BCUT2D eigenvalue weighted by atomic mass is 10.1. The molecule has 1 aromatic rings. The van der Waals surface area contributed by atoms with Crippen LogP contribution in [0.4, 0.5) is 10.5 Å². The number of nitrogens with one attached hydrogen (secondary N) is 1. The number of carbonyl (C=O) groups is 2. The Morgan fingerprint density at radius 2 is 2.00 bits per heavy atom. The van der Waals surface area contributed by atoms with Crippen LogP contribution in [-0.4, -0.2) is 30.4 Å². The molecular formula is C12H15NO5. The van der Waals surface area contributed by atoms with Crippen molar-refractivity contribution in [3.05, 3.63) is 23.8 Å². The molecule has 0 spiro atoms. The van der Waals surface area contributed by atoms with Gasteiger partial charge in [-0.1, -0.05) is 0 Å². The fourth-order valence-corrected chi connectivity index (χ4v) is 1.29. The minimum atomic E-state index is -1.14. The van der Waals surface area contributed by atoms with Crippen molar-refractivity contribution in [1.82, 2.24) is 0 Å². The Morgan fingerprint density at radius 1 is 1.33 bits per heavy atom. The molecule has 0 fully saturated rings. The molecule has 0 saturated carbocycles. The van der Waals surface area contributed by atoms with Crippen molar-refractivity contribution in [2.75, 3.05) is 12.4 Å². The molecule has 6 nitrogen and oxygen atoms in total. The van der Waals surface area contributed by atoms with E-state index in [0.717, 1.165) is 0 Å². The normalized spacial score (nSPS) is 10.0. The van der Waals surface area contributed by atoms with Crippen LogP contribution < -0.4 is 10.1 Å². The van der Waals surface area contributed by atoms with E-state index in [1.807, 2.05) is 0 Å². The molecule has 0 radical (unpaired) electrons. The molecule has 0 bridgehead atoms. The molecule has 98 valence electrons. The van der Waals surface area contributed by atoms with Crippen molar-refractivity contribution in [1.29, 1.82) is 0 Å². The van der Waals surface area contributed by atoms with E-state index >= 15 is 0 Å². The van der Waals surface area contributed by atoms with Crippen molar-refractivity contribution in [2.45, 2.75) is 20.0 Å². The summed E-state index contributed by atoms with van der Waals surface area (Å²) in [6, 6.07) is 4.28. The van der Waals surface area contributed by atoms with Crippen LogP contribution in [0.3, 0.4) is 0 Å². The van der Waals surface area contributed by atoms with E-state index in [0.29, 0.717) is 5.75 Å². The number of ether oxygens (including phenoxy) is 2. The molecule has 0 saturated heterocycles. The number of carboxylic acids is 1. The summed E-state index contributed by atoms with van der Waals surface area (Å²) in [7, 11) is 1.45. The van der Waals surface area contributed by atoms with Crippen molar-refractivity contribution in [3.63, 3.8) is 0 Å². The average molecular weight is 253 g/mol. The number of methoxy groups -OCH3 is 1. The molecule has 1 aromatic carbocycles. The quantitative estimate of drug-likeness (QED) is 0.860. The fraction of sp³-hybridized carbons (Fsp3) is 0.333. The Morgan fingerprint density at radius 3 is 2.50 bits per heavy atom. The second kappa shape index (κ2) is 5.90. The molecule has 0 aliphatic heterocycles. The van der Waals surface area contributed by atoms with Gasteiger partial charge in [-0.15, -0.1) is 0 Å². The average Bonchev–Trinajstić information content (AvgIpc) is 2.27. The molecule has 0 unspecified atom stereocenters. The van der Waals surface area contributed by atoms with Crippen LogP contribution in [0.15, 0.2) is 18.2 Å². The third-order valence-corrected chi connectivity index (χ3v) is 2.04. The van der Waals surface area contributed by atoms with Gasteiger partial charge in [-0.3, -0.25) is 5.32 Å². The molecular weight excluding hydrogens is 238 g/mol. The van der Waals surface area contributed by atoms with Gasteiger partial charge in [0.05, 0.1) is 24.5 Å².